The van der Waals surface area contributed by atoms with E-state index in [9.17, 15) is 4.79 Å². The molecule has 0 aliphatic carbocycles. The predicted octanol–water partition coefficient (Wildman–Crippen LogP) is 1.74. The highest BCUT2D eigenvalue weighted by atomic mass is 16.4. The van der Waals surface area contributed by atoms with Gasteiger partial charge in [0.1, 0.15) is 5.58 Å². The fourth-order valence-corrected chi connectivity index (χ4v) is 1.96. The monoisotopic (exact) mass is 241 g/mol. The zero-order chi connectivity index (χ0) is 12.5. The molecular weight excluding hydrogens is 230 g/mol. The standard InChI is InChI=1S/C13H11N3O2/c1-9-2-3-12-11(6-9)10(7-13(17)18-12)8-16-5-4-14-15-16/h2-7H,8H2,1H3. The van der Waals surface area contributed by atoms with Crippen LogP contribution in [0.15, 0.2) is 45.9 Å². The van der Waals surface area contributed by atoms with Crippen LogP contribution in [-0.2, 0) is 6.54 Å². The molecule has 0 saturated carbocycles. The van der Waals surface area contributed by atoms with Crippen LogP contribution in [0, 0.1) is 6.92 Å². The van der Waals surface area contributed by atoms with E-state index in [2.05, 4.69) is 10.3 Å². The van der Waals surface area contributed by atoms with Gasteiger partial charge in [0, 0.05) is 17.6 Å². The average molecular weight is 241 g/mol. The Morgan fingerprint density at radius 3 is 3.00 bits per heavy atom. The SMILES string of the molecule is Cc1ccc2oc(=O)cc(Cn3ccnn3)c2c1. The number of rotatable bonds is 2. The van der Waals surface area contributed by atoms with Gasteiger partial charge in [0.2, 0.25) is 0 Å². The topological polar surface area (TPSA) is 60.9 Å². The summed E-state index contributed by atoms with van der Waals surface area (Å²) < 4.78 is 6.85. The third kappa shape index (κ3) is 1.90. The number of aryl methyl sites for hydroxylation is 1. The van der Waals surface area contributed by atoms with Gasteiger partial charge in [-0.3, -0.25) is 0 Å². The van der Waals surface area contributed by atoms with Gasteiger partial charge in [-0.25, -0.2) is 9.48 Å². The van der Waals surface area contributed by atoms with Gasteiger partial charge in [-0.15, -0.1) is 5.10 Å². The van der Waals surface area contributed by atoms with Crippen LogP contribution in [0.4, 0.5) is 0 Å². The molecule has 0 saturated heterocycles. The molecule has 0 spiro atoms. The van der Waals surface area contributed by atoms with Crippen molar-refractivity contribution in [2.24, 2.45) is 0 Å². The lowest BCUT2D eigenvalue weighted by molar-refractivity contribution is 0.555. The summed E-state index contributed by atoms with van der Waals surface area (Å²) in [5, 5.41) is 8.59. The van der Waals surface area contributed by atoms with E-state index in [1.54, 1.807) is 17.1 Å². The van der Waals surface area contributed by atoms with Crippen LogP contribution in [0.25, 0.3) is 11.0 Å². The van der Waals surface area contributed by atoms with E-state index < -0.39 is 0 Å². The first-order valence-electron chi connectivity index (χ1n) is 5.60. The van der Waals surface area contributed by atoms with Crippen molar-refractivity contribution >= 4 is 11.0 Å². The molecule has 0 aliphatic rings. The number of aromatic nitrogens is 3. The fraction of sp³-hybridized carbons (Fsp3) is 0.154. The van der Waals surface area contributed by atoms with Crippen molar-refractivity contribution in [3.63, 3.8) is 0 Å². The third-order valence-corrected chi connectivity index (χ3v) is 2.79. The summed E-state index contributed by atoms with van der Waals surface area (Å²) in [7, 11) is 0. The largest absolute Gasteiger partial charge is 0.423 e. The van der Waals surface area contributed by atoms with Crippen LogP contribution in [-0.4, -0.2) is 15.0 Å². The van der Waals surface area contributed by atoms with Crippen LogP contribution in [0.1, 0.15) is 11.1 Å². The van der Waals surface area contributed by atoms with Crippen LogP contribution >= 0.6 is 0 Å². The van der Waals surface area contributed by atoms with E-state index in [4.69, 9.17) is 4.42 Å². The Bertz CT molecular complexity index is 745. The first kappa shape index (κ1) is 10.7. The zero-order valence-electron chi connectivity index (χ0n) is 9.83. The van der Waals surface area contributed by atoms with Crippen molar-refractivity contribution in [3.8, 4) is 0 Å². The lowest BCUT2D eigenvalue weighted by Gasteiger charge is -2.05. The molecule has 0 N–H and O–H groups in total. The molecule has 0 amide bonds. The highest BCUT2D eigenvalue weighted by Gasteiger charge is 2.06. The summed E-state index contributed by atoms with van der Waals surface area (Å²) in [6.07, 6.45) is 3.37. The number of hydrogen-bond donors (Lipinski definition) is 0. The van der Waals surface area contributed by atoms with Crippen molar-refractivity contribution in [1.82, 2.24) is 15.0 Å². The van der Waals surface area contributed by atoms with E-state index in [0.29, 0.717) is 12.1 Å². The van der Waals surface area contributed by atoms with E-state index >= 15 is 0 Å². The summed E-state index contributed by atoms with van der Waals surface area (Å²) >= 11 is 0. The van der Waals surface area contributed by atoms with Gasteiger partial charge in [-0.1, -0.05) is 16.8 Å². The highest BCUT2D eigenvalue weighted by Crippen LogP contribution is 2.19. The molecule has 0 atom stereocenters. The molecule has 0 aliphatic heterocycles. The first-order valence-corrected chi connectivity index (χ1v) is 5.60. The molecule has 0 radical (unpaired) electrons. The maximum absolute atomic E-state index is 11.5. The summed E-state index contributed by atoms with van der Waals surface area (Å²) in [4.78, 5) is 11.5. The molecule has 2 aromatic heterocycles. The molecule has 0 bridgehead atoms. The summed E-state index contributed by atoms with van der Waals surface area (Å²) in [6, 6.07) is 7.25. The maximum Gasteiger partial charge on any atom is 0.336 e. The molecule has 3 aromatic rings. The highest BCUT2D eigenvalue weighted by molar-refractivity contribution is 5.80. The minimum Gasteiger partial charge on any atom is -0.423 e. The second-order valence-electron chi connectivity index (χ2n) is 4.19. The third-order valence-electron chi connectivity index (χ3n) is 2.79. The Kier molecular flexibility index (Phi) is 2.44. The smallest absolute Gasteiger partial charge is 0.336 e. The van der Waals surface area contributed by atoms with Crippen molar-refractivity contribution in [3.05, 3.63) is 58.2 Å². The number of nitrogens with zero attached hydrogens (tertiary/aromatic N) is 3. The molecule has 5 nitrogen and oxygen atoms in total. The minimum atomic E-state index is -0.346. The van der Waals surface area contributed by atoms with Gasteiger partial charge in [0.15, 0.2) is 0 Å². The second kappa shape index (κ2) is 4.10. The van der Waals surface area contributed by atoms with Crippen LogP contribution in [0.5, 0.6) is 0 Å². The Morgan fingerprint density at radius 2 is 2.22 bits per heavy atom. The first-order chi connectivity index (χ1) is 8.72. The molecule has 3 rings (SSSR count). The summed E-state index contributed by atoms with van der Waals surface area (Å²) in [5.41, 5.74) is 2.26. The Balaban J connectivity index is 2.20. The van der Waals surface area contributed by atoms with Crippen molar-refractivity contribution < 1.29 is 4.42 Å². The van der Waals surface area contributed by atoms with Gasteiger partial charge < -0.3 is 4.42 Å². The van der Waals surface area contributed by atoms with Crippen LogP contribution in [0.2, 0.25) is 0 Å². The average Bonchev–Trinajstić information content (AvgIpc) is 2.83. The minimum absolute atomic E-state index is 0.346. The van der Waals surface area contributed by atoms with Gasteiger partial charge in [0.05, 0.1) is 12.7 Å². The quantitative estimate of drug-likeness (QED) is 0.641. The van der Waals surface area contributed by atoms with E-state index in [0.717, 1.165) is 16.5 Å². The molecule has 2 heterocycles. The number of fused-ring (bicyclic) bond motifs is 1. The summed E-state index contributed by atoms with van der Waals surface area (Å²) in [6.45, 7) is 2.51. The predicted molar refractivity (Wildman–Crippen MR) is 66.3 cm³/mol. The van der Waals surface area contributed by atoms with E-state index in [-0.39, 0.29) is 5.63 Å². The van der Waals surface area contributed by atoms with Gasteiger partial charge in [-0.2, -0.15) is 0 Å². The second-order valence-corrected chi connectivity index (χ2v) is 4.19. The molecular formula is C13H11N3O2. The van der Waals surface area contributed by atoms with Gasteiger partial charge in [0.25, 0.3) is 0 Å². The zero-order valence-corrected chi connectivity index (χ0v) is 9.83. The molecule has 18 heavy (non-hydrogen) atoms. The number of benzene rings is 1. The van der Waals surface area contributed by atoms with Gasteiger partial charge in [-0.05, 0) is 24.6 Å². The molecule has 0 unspecified atom stereocenters. The molecule has 5 heteroatoms. The van der Waals surface area contributed by atoms with E-state index in [1.165, 1.54) is 6.07 Å². The van der Waals surface area contributed by atoms with Crippen LogP contribution < -0.4 is 5.63 Å². The van der Waals surface area contributed by atoms with Crippen LogP contribution in [0.3, 0.4) is 0 Å². The van der Waals surface area contributed by atoms with Crippen molar-refractivity contribution in [1.29, 1.82) is 0 Å². The lowest BCUT2D eigenvalue weighted by Crippen LogP contribution is -2.06. The van der Waals surface area contributed by atoms with Crippen molar-refractivity contribution in [2.45, 2.75) is 13.5 Å². The lowest BCUT2D eigenvalue weighted by atomic mass is 10.1. The van der Waals surface area contributed by atoms with Gasteiger partial charge >= 0.3 is 5.63 Å². The Hall–Kier alpha value is -2.43. The normalized spacial score (nSPS) is 10.9. The molecule has 90 valence electrons. The Labute approximate surface area is 103 Å². The molecule has 0 fully saturated rings. The fourth-order valence-electron chi connectivity index (χ4n) is 1.96. The molecule has 1 aromatic carbocycles. The van der Waals surface area contributed by atoms with E-state index in [1.807, 2.05) is 25.1 Å². The Morgan fingerprint density at radius 1 is 1.33 bits per heavy atom. The maximum atomic E-state index is 11.5. The number of hydrogen-bond acceptors (Lipinski definition) is 4. The van der Waals surface area contributed by atoms with Crippen molar-refractivity contribution in [2.75, 3.05) is 0 Å². The summed E-state index contributed by atoms with van der Waals surface area (Å²) in [5.74, 6) is 0.